The highest BCUT2D eigenvalue weighted by atomic mass is 35.5. The maximum atomic E-state index is 12.0. The van der Waals surface area contributed by atoms with Crippen LogP contribution in [-0.4, -0.2) is 33.6 Å². The average Bonchev–Trinajstić information content (AvgIpc) is 2.84. The highest BCUT2D eigenvalue weighted by Crippen LogP contribution is 2.34. The number of rotatable bonds is 2. The lowest BCUT2D eigenvalue weighted by Crippen LogP contribution is -2.41. The molecule has 2 rings (SSSR count). The minimum atomic E-state index is -0.428. The number of nitrogens with two attached hydrogens (primary N) is 1. The van der Waals surface area contributed by atoms with Crippen LogP contribution in [0.15, 0.2) is 0 Å². The minimum absolute atomic E-state index is 0. The third-order valence-electron chi connectivity index (χ3n) is 3.44. The molecule has 1 aromatic heterocycles. The molecule has 102 valence electrons. The van der Waals surface area contributed by atoms with Gasteiger partial charge in [-0.05, 0) is 33.6 Å². The molecule has 0 saturated carbocycles. The van der Waals surface area contributed by atoms with Crippen LogP contribution in [0, 0.1) is 13.8 Å². The van der Waals surface area contributed by atoms with E-state index in [-0.39, 0.29) is 24.4 Å². The van der Waals surface area contributed by atoms with Crippen LogP contribution in [-0.2, 0) is 4.79 Å². The molecule has 0 spiro atoms. The third-order valence-corrected chi connectivity index (χ3v) is 3.44. The summed E-state index contributed by atoms with van der Waals surface area (Å²) in [6.45, 7) is 6.52. The molecule has 2 atom stereocenters. The molecule has 1 aliphatic rings. The van der Waals surface area contributed by atoms with Crippen molar-refractivity contribution in [2.75, 3.05) is 6.54 Å². The van der Waals surface area contributed by atoms with Crippen molar-refractivity contribution in [3.8, 4) is 0 Å². The first kappa shape index (κ1) is 15.0. The summed E-state index contributed by atoms with van der Waals surface area (Å²) in [5.41, 5.74) is 8.89. The van der Waals surface area contributed by atoms with Crippen LogP contribution >= 0.6 is 12.4 Å². The zero-order valence-corrected chi connectivity index (χ0v) is 11.9. The fraction of sp³-hybridized carbons (Fsp3) is 0.667. The molecule has 1 amide bonds. The van der Waals surface area contributed by atoms with E-state index in [0.29, 0.717) is 0 Å². The van der Waals surface area contributed by atoms with E-state index in [1.54, 1.807) is 6.92 Å². The summed E-state index contributed by atoms with van der Waals surface area (Å²) in [7, 11) is 0. The lowest BCUT2D eigenvalue weighted by atomic mass is 10.0. The Hall–Kier alpha value is -1.07. The minimum Gasteiger partial charge on any atom is -0.334 e. The van der Waals surface area contributed by atoms with Crippen molar-refractivity contribution in [1.82, 2.24) is 15.1 Å². The lowest BCUT2D eigenvalue weighted by molar-refractivity contribution is -0.133. The van der Waals surface area contributed by atoms with Crippen molar-refractivity contribution in [2.45, 2.75) is 45.7 Å². The second-order valence-corrected chi connectivity index (χ2v) is 4.83. The molecule has 1 saturated heterocycles. The van der Waals surface area contributed by atoms with Gasteiger partial charge in [-0.15, -0.1) is 12.4 Å². The number of hydrogen-bond acceptors (Lipinski definition) is 3. The quantitative estimate of drug-likeness (QED) is 0.856. The topological polar surface area (TPSA) is 75.0 Å². The fourth-order valence-corrected chi connectivity index (χ4v) is 2.64. The van der Waals surface area contributed by atoms with Gasteiger partial charge in [-0.25, -0.2) is 0 Å². The summed E-state index contributed by atoms with van der Waals surface area (Å²) < 4.78 is 0. The standard InChI is InChI=1S/C12H20N4O.ClH/c1-7(13)12(17)16-6-4-5-10(16)11-8(2)14-15-9(11)3;/h7,10H,4-6,13H2,1-3H3,(H,14,15);1H/t7-,10?;/m1./s1. The number of aromatic amines is 1. The summed E-state index contributed by atoms with van der Waals surface area (Å²) >= 11 is 0. The number of aromatic nitrogens is 2. The van der Waals surface area contributed by atoms with Crippen molar-refractivity contribution in [1.29, 1.82) is 0 Å². The SMILES string of the molecule is Cc1n[nH]c(C)c1C1CCCN1C(=O)[C@@H](C)N.Cl. The van der Waals surface area contributed by atoms with Gasteiger partial charge in [-0.1, -0.05) is 0 Å². The van der Waals surface area contributed by atoms with Gasteiger partial charge in [0.25, 0.3) is 0 Å². The van der Waals surface area contributed by atoms with E-state index in [2.05, 4.69) is 10.2 Å². The molecular weight excluding hydrogens is 252 g/mol. The summed E-state index contributed by atoms with van der Waals surface area (Å²) in [6, 6.07) is -0.282. The Morgan fingerprint density at radius 1 is 1.56 bits per heavy atom. The van der Waals surface area contributed by atoms with Gasteiger partial charge in [0.05, 0.1) is 17.8 Å². The molecule has 1 aliphatic heterocycles. The van der Waals surface area contributed by atoms with Crippen molar-refractivity contribution in [3.63, 3.8) is 0 Å². The number of amides is 1. The molecule has 0 aromatic carbocycles. The second-order valence-electron chi connectivity index (χ2n) is 4.83. The number of nitrogens with zero attached hydrogens (tertiary/aromatic N) is 2. The van der Waals surface area contributed by atoms with Crippen LogP contribution in [0.1, 0.15) is 42.8 Å². The molecule has 1 aromatic rings. The van der Waals surface area contributed by atoms with Gasteiger partial charge in [-0.2, -0.15) is 5.10 Å². The Labute approximate surface area is 114 Å². The molecule has 0 radical (unpaired) electrons. The molecule has 3 N–H and O–H groups in total. The molecular formula is C12H21ClN4O. The number of likely N-dealkylation sites (tertiary alicyclic amines) is 1. The van der Waals surface area contributed by atoms with E-state index in [1.807, 2.05) is 18.7 Å². The Balaban J connectivity index is 0.00000162. The molecule has 18 heavy (non-hydrogen) atoms. The van der Waals surface area contributed by atoms with Gasteiger partial charge in [0, 0.05) is 17.8 Å². The van der Waals surface area contributed by atoms with Crippen LogP contribution in [0.5, 0.6) is 0 Å². The van der Waals surface area contributed by atoms with Crippen molar-refractivity contribution >= 4 is 18.3 Å². The number of aryl methyl sites for hydroxylation is 2. The van der Waals surface area contributed by atoms with Gasteiger partial charge >= 0.3 is 0 Å². The monoisotopic (exact) mass is 272 g/mol. The maximum absolute atomic E-state index is 12.0. The van der Waals surface area contributed by atoms with E-state index in [4.69, 9.17) is 5.73 Å². The molecule has 0 aliphatic carbocycles. The van der Waals surface area contributed by atoms with Gasteiger partial charge in [0.1, 0.15) is 0 Å². The lowest BCUT2D eigenvalue weighted by Gasteiger charge is -2.26. The van der Waals surface area contributed by atoms with E-state index in [0.717, 1.165) is 36.3 Å². The Morgan fingerprint density at radius 3 is 2.72 bits per heavy atom. The van der Waals surface area contributed by atoms with E-state index >= 15 is 0 Å². The molecule has 1 unspecified atom stereocenters. The Kier molecular flexibility index (Phi) is 4.76. The number of carbonyl (C=O) groups is 1. The fourth-order valence-electron chi connectivity index (χ4n) is 2.64. The van der Waals surface area contributed by atoms with E-state index in [1.165, 1.54) is 0 Å². The summed E-state index contributed by atoms with van der Waals surface area (Å²) in [5.74, 6) is 0.0347. The van der Waals surface area contributed by atoms with Gasteiger partial charge in [-0.3, -0.25) is 9.89 Å². The third kappa shape index (κ3) is 2.52. The Morgan fingerprint density at radius 2 is 2.22 bits per heavy atom. The molecule has 0 bridgehead atoms. The van der Waals surface area contributed by atoms with Crippen LogP contribution in [0.2, 0.25) is 0 Å². The smallest absolute Gasteiger partial charge is 0.239 e. The molecule has 1 fully saturated rings. The molecule has 2 heterocycles. The number of hydrogen-bond donors (Lipinski definition) is 2. The van der Waals surface area contributed by atoms with Crippen molar-refractivity contribution < 1.29 is 4.79 Å². The zero-order valence-electron chi connectivity index (χ0n) is 11.1. The van der Waals surface area contributed by atoms with E-state index < -0.39 is 6.04 Å². The maximum Gasteiger partial charge on any atom is 0.239 e. The molecule has 5 nitrogen and oxygen atoms in total. The van der Waals surface area contributed by atoms with Gasteiger partial charge < -0.3 is 10.6 Å². The summed E-state index contributed by atoms with van der Waals surface area (Å²) in [6.07, 6.45) is 2.03. The van der Waals surface area contributed by atoms with Crippen LogP contribution < -0.4 is 5.73 Å². The predicted molar refractivity (Wildman–Crippen MR) is 72.6 cm³/mol. The first-order valence-corrected chi connectivity index (χ1v) is 6.10. The summed E-state index contributed by atoms with van der Waals surface area (Å²) in [5, 5.41) is 7.19. The first-order chi connectivity index (χ1) is 8.02. The van der Waals surface area contributed by atoms with Crippen molar-refractivity contribution in [3.05, 3.63) is 17.0 Å². The Bertz CT molecular complexity index is 410. The first-order valence-electron chi connectivity index (χ1n) is 6.10. The number of carbonyl (C=O) groups excluding carboxylic acids is 1. The largest absolute Gasteiger partial charge is 0.334 e. The predicted octanol–water partition coefficient (Wildman–Crippen LogP) is 1.46. The van der Waals surface area contributed by atoms with Crippen molar-refractivity contribution in [2.24, 2.45) is 5.73 Å². The van der Waals surface area contributed by atoms with Crippen LogP contribution in [0.3, 0.4) is 0 Å². The highest BCUT2D eigenvalue weighted by molar-refractivity contribution is 5.85. The summed E-state index contributed by atoms with van der Waals surface area (Å²) in [4.78, 5) is 13.9. The zero-order chi connectivity index (χ0) is 12.6. The van der Waals surface area contributed by atoms with Gasteiger partial charge in [0.2, 0.25) is 5.91 Å². The molecule has 6 heteroatoms. The van der Waals surface area contributed by atoms with Crippen LogP contribution in [0.4, 0.5) is 0 Å². The van der Waals surface area contributed by atoms with E-state index in [9.17, 15) is 4.79 Å². The number of nitrogens with one attached hydrogen (secondary N) is 1. The second kappa shape index (κ2) is 5.71. The number of halogens is 1. The highest BCUT2D eigenvalue weighted by Gasteiger charge is 2.33. The normalized spacial score (nSPS) is 20.7. The number of H-pyrrole nitrogens is 1. The van der Waals surface area contributed by atoms with Crippen LogP contribution in [0.25, 0.3) is 0 Å². The average molecular weight is 273 g/mol. The van der Waals surface area contributed by atoms with Gasteiger partial charge in [0.15, 0.2) is 0 Å².